The number of aromatic nitrogens is 2. The number of rotatable bonds is 10. The summed E-state index contributed by atoms with van der Waals surface area (Å²) in [4.78, 5) is 30.4. The zero-order valence-electron chi connectivity index (χ0n) is 16.8. The lowest BCUT2D eigenvalue weighted by atomic mass is 10.1. The topological polar surface area (TPSA) is 93.2 Å². The van der Waals surface area contributed by atoms with Gasteiger partial charge in [-0.15, -0.1) is 6.58 Å². The molecule has 13 heteroatoms. The first kappa shape index (κ1) is 26.0. The molecular weight excluding hydrogens is 475 g/mol. The Labute approximate surface area is 190 Å². The van der Waals surface area contributed by atoms with Crippen LogP contribution in [0.3, 0.4) is 0 Å². The van der Waals surface area contributed by atoms with E-state index in [1.165, 1.54) is 12.1 Å². The van der Waals surface area contributed by atoms with Crippen molar-refractivity contribution in [2.75, 3.05) is 13.2 Å². The van der Waals surface area contributed by atoms with Crippen LogP contribution < -0.4 is 15.4 Å². The quantitative estimate of drug-likeness (QED) is 0.391. The van der Waals surface area contributed by atoms with Crippen LogP contribution >= 0.6 is 11.6 Å². The number of benzene rings is 1. The highest BCUT2D eigenvalue weighted by Crippen LogP contribution is 2.26. The molecule has 2 N–H and O–H groups in total. The van der Waals surface area contributed by atoms with E-state index >= 15 is 0 Å². The predicted molar refractivity (Wildman–Crippen MR) is 108 cm³/mol. The SMILES string of the molecule is C=CC(NC(=O)c1cnc(C(F)(F)F)cn1)C(F)CCNC(=O)COc1ccc(Cl)c(F)c1. The molecule has 0 bridgehead atoms. The molecule has 2 unspecified atom stereocenters. The molecule has 178 valence electrons. The van der Waals surface area contributed by atoms with E-state index < -0.39 is 54.0 Å². The maximum atomic E-state index is 14.4. The lowest BCUT2D eigenvalue weighted by molar-refractivity contribution is -0.141. The van der Waals surface area contributed by atoms with E-state index in [2.05, 4.69) is 27.2 Å². The first-order valence-electron chi connectivity index (χ1n) is 9.32. The van der Waals surface area contributed by atoms with Gasteiger partial charge in [-0.3, -0.25) is 9.59 Å². The van der Waals surface area contributed by atoms with Crippen LogP contribution in [0.4, 0.5) is 22.0 Å². The fraction of sp³-hybridized carbons (Fsp3) is 0.300. The highest BCUT2D eigenvalue weighted by Gasteiger charge is 2.33. The molecule has 1 aromatic carbocycles. The summed E-state index contributed by atoms with van der Waals surface area (Å²) in [5.41, 5.74) is -1.71. The monoisotopic (exact) mass is 492 g/mol. The third-order valence-electron chi connectivity index (χ3n) is 4.12. The molecular formula is C20H18ClF5N4O3. The predicted octanol–water partition coefficient (Wildman–Crippen LogP) is 3.50. The third-order valence-corrected chi connectivity index (χ3v) is 4.43. The zero-order chi connectivity index (χ0) is 24.6. The van der Waals surface area contributed by atoms with Crippen LogP contribution in [-0.2, 0) is 11.0 Å². The highest BCUT2D eigenvalue weighted by atomic mass is 35.5. The first-order chi connectivity index (χ1) is 15.5. The number of carbonyl (C=O) groups excluding carboxylic acids is 2. The van der Waals surface area contributed by atoms with Crippen LogP contribution in [-0.4, -0.2) is 47.1 Å². The average Bonchev–Trinajstić information content (AvgIpc) is 2.77. The first-order valence-corrected chi connectivity index (χ1v) is 9.70. The molecule has 33 heavy (non-hydrogen) atoms. The summed E-state index contributed by atoms with van der Waals surface area (Å²) in [7, 11) is 0. The van der Waals surface area contributed by atoms with Crippen LogP contribution in [0.25, 0.3) is 0 Å². The van der Waals surface area contributed by atoms with E-state index in [-0.39, 0.29) is 23.7 Å². The molecule has 0 aliphatic heterocycles. The van der Waals surface area contributed by atoms with E-state index in [4.69, 9.17) is 16.3 Å². The Kier molecular flexibility index (Phi) is 9.09. The Balaban J connectivity index is 1.78. The van der Waals surface area contributed by atoms with Gasteiger partial charge in [0, 0.05) is 12.6 Å². The van der Waals surface area contributed by atoms with Gasteiger partial charge in [0.25, 0.3) is 11.8 Å². The number of halogens is 6. The Morgan fingerprint density at radius 2 is 1.97 bits per heavy atom. The number of nitrogens with zero attached hydrogens (tertiary/aromatic N) is 2. The number of hydrogen-bond acceptors (Lipinski definition) is 5. The third kappa shape index (κ3) is 7.97. The maximum Gasteiger partial charge on any atom is 0.434 e. The van der Waals surface area contributed by atoms with Crippen LogP contribution in [0.15, 0.2) is 43.2 Å². The van der Waals surface area contributed by atoms with Crippen LogP contribution in [0.2, 0.25) is 5.02 Å². The van der Waals surface area contributed by atoms with E-state index in [0.717, 1.165) is 12.1 Å². The Morgan fingerprint density at radius 1 is 1.24 bits per heavy atom. The maximum absolute atomic E-state index is 14.4. The van der Waals surface area contributed by atoms with Gasteiger partial charge in [0.2, 0.25) is 0 Å². The van der Waals surface area contributed by atoms with Crippen molar-refractivity contribution >= 4 is 23.4 Å². The second-order valence-electron chi connectivity index (χ2n) is 6.54. The molecule has 7 nitrogen and oxygen atoms in total. The summed E-state index contributed by atoms with van der Waals surface area (Å²) < 4.78 is 70.4. The number of alkyl halides is 4. The molecule has 0 saturated carbocycles. The summed E-state index contributed by atoms with van der Waals surface area (Å²) in [6.07, 6.45) is -4.51. The molecule has 0 radical (unpaired) electrons. The molecule has 2 rings (SSSR count). The summed E-state index contributed by atoms with van der Waals surface area (Å²) in [5.74, 6) is -2.18. The Hall–Kier alpha value is -3.28. The molecule has 0 fully saturated rings. The fourth-order valence-corrected chi connectivity index (χ4v) is 2.53. The number of carbonyl (C=O) groups is 2. The van der Waals surface area contributed by atoms with Gasteiger partial charge in [-0.25, -0.2) is 18.7 Å². The minimum Gasteiger partial charge on any atom is -0.484 e. The van der Waals surface area contributed by atoms with E-state index in [1.807, 2.05) is 0 Å². The molecule has 1 aromatic heterocycles. The van der Waals surface area contributed by atoms with Crippen molar-refractivity contribution < 1.29 is 36.3 Å². The summed E-state index contributed by atoms with van der Waals surface area (Å²) in [5, 5.41) is 4.53. The standard InChI is InChI=1S/C20H18ClF5N4O3/c1-2-15(30-19(32)16-8-29-17(9-28-16)20(24,25)26)13(22)5-6-27-18(31)10-33-11-3-4-12(21)14(23)7-11/h2-4,7-9,13,15H,1,5-6,10H2,(H,27,31)(H,30,32). The van der Waals surface area contributed by atoms with Crippen LogP contribution in [0.5, 0.6) is 5.75 Å². The minimum atomic E-state index is -4.71. The van der Waals surface area contributed by atoms with E-state index in [0.29, 0.717) is 12.4 Å². The van der Waals surface area contributed by atoms with Gasteiger partial charge in [-0.05, 0) is 18.6 Å². The highest BCUT2D eigenvalue weighted by molar-refractivity contribution is 6.30. The lowest BCUT2D eigenvalue weighted by Gasteiger charge is -2.19. The van der Waals surface area contributed by atoms with Gasteiger partial charge >= 0.3 is 6.18 Å². The second-order valence-corrected chi connectivity index (χ2v) is 6.95. The molecule has 0 aliphatic rings. The molecule has 0 saturated heterocycles. The van der Waals surface area contributed by atoms with Crippen LogP contribution in [0.1, 0.15) is 22.6 Å². The summed E-state index contributed by atoms with van der Waals surface area (Å²) in [6, 6.07) is 2.43. The zero-order valence-corrected chi connectivity index (χ0v) is 17.6. The van der Waals surface area contributed by atoms with Crippen molar-refractivity contribution in [1.29, 1.82) is 0 Å². The van der Waals surface area contributed by atoms with Gasteiger partial charge in [0.15, 0.2) is 12.3 Å². The van der Waals surface area contributed by atoms with Crippen molar-refractivity contribution in [2.45, 2.75) is 24.8 Å². The summed E-state index contributed by atoms with van der Waals surface area (Å²) >= 11 is 5.54. The van der Waals surface area contributed by atoms with Crippen molar-refractivity contribution in [3.05, 3.63) is 65.5 Å². The van der Waals surface area contributed by atoms with Gasteiger partial charge in [-0.1, -0.05) is 17.7 Å². The van der Waals surface area contributed by atoms with Gasteiger partial charge in [-0.2, -0.15) is 13.2 Å². The molecule has 2 atom stereocenters. The average molecular weight is 493 g/mol. The van der Waals surface area contributed by atoms with Crippen molar-refractivity contribution in [3.63, 3.8) is 0 Å². The van der Waals surface area contributed by atoms with Gasteiger partial charge in [0.1, 0.15) is 23.4 Å². The normalized spacial score (nSPS) is 13.0. The fourth-order valence-electron chi connectivity index (χ4n) is 2.41. The Morgan fingerprint density at radius 3 is 2.55 bits per heavy atom. The molecule has 1 heterocycles. The minimum absolute atomic E-state index is 0.0798. The second kappa shape index (κ2) is 11.5. The summed E-state index contributed by atoms with van der Waals surface area (Å²) in [6.45, 7) is 2.83. The Bertz CT molecular complexity index is 989. The van der Waals surface area contributed by atoms with Gasteiger partial charge < -0.3 is 15.4 Å². The smallest absolute Gasteiger partial charge is 0.434 e. The molecule has 2 aromatic rings. The molecule has 0 aliphatic carbocycles. The number of amides is 2. The van der Waals surface area contributed by atoms with Crippen molar-refractivity contribution in [3.8, 4) is 5.75 Å². The van der Waals surface area contributed by atoms with E-state index in [9.17, 15) is 31.5 Å². The number of hydrogen-bond donors (Lipinski definition) is 2. The number of nitrogens with one attached hydrogen (secondary N) is 2. The number of ether oxygens (including phenoxy) is 1. The lowest BCUT2D eigenvalue weighted by Crippen LogP contribution is -2.42. The molecule has 0 spiro atoms. The van der Waals surface area contributed by atoms with Crippen molar-refractivity contribution in [2.24, 2.45) is 0 Å². The van der Waals surface area contributed by atoms with Gasteiger partial charge in [0.05, 0.1) is 23.5 Å². The largest absolute Gasteiger partial charge is 0.484 e. The van der Waals surface area contributed by atoms with Crippen molar-refractivity contribution in [1.82, 2.24) is 20.6 Å². The van der Waals surface area contributed by atoms with E-state index in [1.54, 1.807) is 0 Å². The van der Waals surface area contributed by atoms with Crippen LogP contribution in [0, 0.1) is 5.82 Å². The molecule has 2 amide bonds.